The third-order valence-corrected chi connectivity index (χ3v) is 9.38. The van der Waals surface area contributed by atoms with Gasteiger partial charge in [0, 0.05) is 22.2 Å². The van der Waals surface area contributed by atoms with Crippen LogP contribution in [-0.2, 0) is 13.6 Å². The molecule has 1 amide bonds. The van der Waals surface area contributed by atoms with Crippen molar-refractivity contribution in [3.8, 4) is 5.75 Å². The molecule has 0 aliphatic heterocycles. The molecule has 42 heavy (non-hydrogen) atoms. The number of halogens is 1. The molecule has 1 saturated carbocycles. The van der Waals surface area contributed by atoms with Gasteiger partial charge in [-0.1, -0.05) is 29.8 Å². The predicted octanol–water partition coefficient (Wildman–Crippen LogP) is 8.27. The van der Waals surface area contributed by atoms with Crippen LogP contribution in [0.25, 0.3) is 21.7 Å². The molecule has 3 aromatic carbocycles. The van der Waals surface area contributed by atoms with Crippen LogP contribution < -0.4 is 10.5 Å². The molecule has 1 aromatic heterocycles. The van der Waals surface area contributed by atoms with E-state index in [1.165, 1.54) is 10.5 Å². The first-order valence-electron chi connectivity index (χ1n) is 13.9. The fourth-order valence-corrected chi connectivity index (χ4v) is 7.37. The van der Waals surface area contributed by atoms with Gasteiger partial charge in [-0.3, -0.25) is 23.0 Å². The molecule has 1 aliphatic rings. The van der Waals surface area contributed by atoms with Crippen molar-refractivity contribution in [2.75, 3.05) is 6.61 Å². The topological polar surface area (TPSA) is 110 Å². The van der Waals surface area contributed by atoms with Crippen LogP contribution in [0.3, 0.4) is 0 Å². The summed E-state index contributed by atoms with van der Waals surface area (Å²) in [5, 5.41) is 2.62. The quantitative estimate of drug-likeness (QED) is 0.151. The molecular formula is C32H36ClN2O6P. The number of ether oxygens (including phenoxy) is 1. The number of ketones is 1. The van der Waals surface area contributed by atoms with Crippen molar-refractivity contribution in [1.29, 1.82) is 0 Å². The summed E-state index contributed by atoms with van der Waals surface area (Å²) in [4.78, 5) is 26.0. The lowest BCUT2D eigenvalue weighted by molar-refractivity contribution is 0.0454. The van der Waals surface area contributed by atoms with Crippen LogP contribution >= 0.6 is 19.3 Å². The number of Topliss-reactive ketones (excluding diaryl/α,β-unsaturated/α-hetero) is 1. The van der Waals surface area contributed by atoms with Crippen LogP contribution in [0.5, 0.6) is 5.75 Å². The minimum Gasteiger partial charge on any atom is -0.485 e. The molecule has 222 valence electrons. The average molecular weight is 611 g/mol. The number of aromatic nitrogens is 1. The van der Waals surface area contributed by atoms with Gasteiger partial charge in [-0.05, 0) is 107 Å². The van der Waals surface area contributed by atoms with Crippen molar-refractivity contribution in [1.82, 2.24) is 4.34 Å². The minimum atomic E-state index is -3.99. The van der Waals surface area contributed by atoms with Crippen molar-refractivity contribution in [3.63, 3.8) is 0 Å². The first-order valence-corrected chi connectivity index (χ1v) is 15.8. The molecule has 0 saturated heterocycles. The summed E-state index contributed by atoms with van der Waals surface area (Å²) < 4.78 is 34.2. The van der Waals surface area contributed by atoms with Crippen LogP contribution in [-0.4, -0.2) is 33.8 Å². The highest BCUT2D eigenvalue weighted by molar-refractivity contribution is 7.52. The van der Waals surface area contributed by atoms with Crippen LogP contribution in [0.2, 0.25) is 5.02 Å². The van der Waals surface area contributed by atoms with Crippen molar-refractivity contribution in [2.45, 2.75) is 71.5 Å². The van der Waals surface area contributed by atoms with E-state index in [4.69, 9.17) is 31.1 Å². The third kappa shape index (κ3) is 6.57. The van der Waals surface area contributed by atoms with Gasteiger partial charge in [-0.25, -0.2) is 4.57 Å². The lowest BCUT2D eigenvalue weighted by atomic mass is 10.0. The maximum atomic E-state index is 14.6. The number of benzene rings is 3. The van der Waals surface area contributed by atoms with E-state index in [9.17, 15) is 14.2 Å². The van der Waals surface area contributed by atoms with Gasteiger partial charge in [0.05, 0.1) is 22.3 Å². The molecule has 0 atom stereocenters. The molecule has 10 heteroatoms. The average Bonchev–Trinajstić information content (AvgIpc) is 3.64. The Labute approximate surface area is 250 Å². The fourth-order valence-electron chi connectivity index (χ4n) is 4.90. The van der Waals surface area contributed by atoms with E-state index in [0.29, 0.717) is 27.4 Å². The summed E-state index contributed by atoms with van der Waals surface area (Å²) in [6, 6.07) is 14.3. The van der Waals surface area contributed by atoms with Gasteiger partial charge in [0.2, 0.25) is 5.78 Å². The first kappa shape index (κ1) is 30.3. The van der Waals surface area contributed by atoms with Gasteiger partial charge < -0.3 is 10.5 Å². The number of hydrogen-bond acceptors (Lipinski definition) is 6. The zero-order valence-corrected chi connectivity index (χ0v) is 26.3. The van der Waals surface area contributed by atoms with Crippen molar-refractivity contribution in [3.05, 3.63) is 76.4 Å². The standard InChI is InChI=1S/C32H36ClN2O6P/c1-31(2,3)40-42(38,41-32(4,5)6)35-17-26(24-12-10-20(15-27(24)35)19-7-8-19)28(36)18-39-29-16-21-9-11-23(33)13-22(21)14-25(29)30(34)37/h9-17,19H,7-8,18H2,1-6H3,(H2,34,37). The minimum absolute atomic E-state index is 0.135. The monoisotopic (exact) mass is 610 g/mol. The SMILES string of the molecule is CC(C)(C)OP(=O)(OC(C)(C)C)n1cc(C(=O)COc2cc3ccc(Cl)cc3cc2C(N)=O)c2ccc(C3CC3)cc21. The molecule has 5 rings (SSSR count). The Kier molecular flexibility index (Phi) is 7.82. The third-order valence-electron chi connectivity index (χ3n) is 6.73. The van der Waals surface area contributed by atoms with E-state index in [2.05, 4.69) is 0 Å². The number of amides is 1. The lowest BCUT2D eigenvalue weighted by Crippen LogP contribution is -2.26. The normalized spacial score (nSPS) is 14.5. The zero-order valence-electron chi connectivity index (χ0n) is 24.7. The Morgan fingerprint density at radius 3 is 2.19 bits per heavy atom. The van der Waals surface area contributed by atoms with E-state index in [0.717, 1.165) is 29.2 Å². The van der Waals surface area contributed by atoms with Gasteiger partial charge in [0.25, 0.3) is 5.91 Å². The molecule has 1 fully saturated rings. The Bertz CT molecular complexity index is 1740. The highest BCUT2D eigenvalue weighted by Crippen LogP contribution is 2.57. The van der Waals surface area contributed by atoms with E-state index < -0.39 is 24.9 Å². The summed E-state index contributed by atoms with van der Waals surface area (Å²) in [5.41, 5.74) is 6.16. The Morgan fingerprint density at radius 2 is 1.60 bits per heavy atom. The van der Waals surface area contributed by atoms with Crippen LogP contribution in [0, 0.1) is 0 Å². The first-order chi connectivity index (χ1) is 19.5. The number of hydrogen-bond donors (Lipinski definition) is 1. The summed E-state index contributed by atoms with van der Waals surface area (Å²) in [6.07, 6.45) is 3.70. The molecule has 0 bridgehead atoms. The van der Waals surface area contributed by atoms with Gasteiger partial charge >= 0.3 is 7.75 Å². The number of carbonyl (C=O) groups is 2. The number of nitrogens with zero attached hydrogens (tertiary/aromatic N) is 1. The maximum Gasteiger partial charge on any atom is 0.440 e. The number of fused-ring (bicyclic) bond motifs is 2. The smallest absolute Gasteiger partial charge is 0.440 e. The van der Waals surface area contributed by atoms with Gasteiger partial charge in [-0.2, -0.15) is 0 Å². The lowest BCUT2D eigenvalue weighted by Gasteiger charge is -2.32. The maximum absolute atomic E-state index is 14.6. The molecule has 8 nitrogen and oxygen atoms in total. The number of primary amides is 1. The zero-order chi connectivity index (χ0) is 30.6. The van der Waals surface area contributed by atoms with Crippen LogP contribution in [0.4, 0.5) is 0 Å². The molecule has 1 heterocycles. The van der Waals surface area contributed by atoms with Gasteiger partial charge in [0.1, 0.15) is 5.75 Å². The summed E-state index contributed by atoms with van der Waals surface area (Å²) in [6.45, 7) is 10.5. The van der Waals surface area contributed by atoms with Crippen molar-refractivity contribution < 1.29 is 27.9 Å². The van der Waals surface area contributed by atoms with E-state index in [-0.39, 0.29) is 23.7 Å². The molecule has 0 unspecified atom stereocenters. The summed E-state index contributed by atoms with van der Waals surface area (Å²) in [7, 11) is -3.99. The highest BCUT2D eigenvalue weighted by Gasteiger charge is 2.39. The van der Waals surface area contributed by atoms with E-state index >= 15 is 0 Å². The highest BCUT2D eigenvalue weighted by atomic mass is 35.5. The Hall–Kier alpha value is -3.16. The molecular weight excluding hydrogens is 575 g/mol. The van der Waals surface area contributed by atoms with Crippen molar-refractivity contribution in [2.24, 2.45) is 5.73 Å². The summed E-state index contributed by atoms with van der Waals surface area (Å²) >= 11 is 6.11. The summed E-state index contributed by atoms with van der Waals surface area (Å²) in [5.74, 6) is -0.448. The van der Waals surface area contributed by atoms with E-state index in [1.54, 1.807) is 71.9 Å². The van der Waals surface area contributed by atoms with Gasteiger partial charge in [0.15, 0.2) is 6.61 Å². The largest absolute Gasteiger partial charge is 0.485 e. The van der Waals surface area contributed by atoms with Crippen LogP contribution in [0.1, 0.15) is 86.6 Å². The number of carbonyl (C=O) groups excluding carboxylic acids is 2. The van der Waals surface area contributed by atoms with Crippen LogP contribution in [0.15, 0.2) is 54.7 Å². The number of nitrogens with two attached hydrogens (primary N) is 1. The molecule has 2 N–H and O–H groups in total. The second-order valence-corrected chi connectivity index (χ2v) is 14.9. The second-order valence-electron chi connectivity index (χ2n) is 12.7. The molecule has 1 aliphatic carbocycles. The predicted molar refractivity (Wildman–Crippen MR) is 166 cm³/mol. The molecule has 4 aromatic rings. The van der Waals surface area contributed by atoms with Crippen molar-refractivity contribution >= 4 is 52.7 Å². The molecule has 0 radical (unpaired) electrons. The Morgan fingerprint density at radius 1 is 0.929 bits per heavy atom. The fraction of sp³-hybridized carbons (Fsp3) is 0.375. The Balaban J connectivity index is 1.56. The molecule has 0 spiro atoms. The van der Waals surface area contributed by atoms with Gasteiger partial charge in [-0.15, -0.1) is 0 Å². The second kappa shape index (κ2) is 10.8. The van der Waals surface area contributed by atoms with E-state index in [1.807, 2.05) is 18.2 Å². The number of rotatable bonds is 9.